The lowest BCUT2D eigenvalue weighted by molar-refractivity contribution is -0.154. The second-order valence-electron chi connectivity index (χ2n) is 10.2. The molecule has 1 atom stereocenters. The van der Waals surface area contributed by atoms with Crippen LogP contribution in [-0.4, -0.2) is 42.8 Å². The second-order valence-corrected chi connectivity index (χ2v) is 10.2. The highest BCUT2D eigenvalue weighted by molar-refractivity contribution is 5.82. The molecule has 2 amide bonds. The number of hydrogen-bond acceptors (Lipinski definition) is 4. The van der Waals surface area contributed by atoms with Crippen molar-refractivity contribution in [2.24, 2.45) is 17.3 Å². The van der Waals surface area contributed by atoms with Gasteiger partial charge in [-0.3, -0.25) is 9.59 Å². The van der Waals surface area contributed by atoms with E-state index in [-0.39, 0.29) is 37.4 Å². The molecule has 35 heavy (non-hydrogen) atoms. The molecule has 1 unspecified atom stereocenters. The number of rotatable bonds is 10. The van der Waals surface area contributed by atoms with Gasteiger partial charge in [0.15, 0.2) is 0 Å². The third kappa shape index (κ3) is 5.34. The van der Waals surface area contributed by atoms with Gasteiger partial charge in [0.05, 0.1) is 11.3 Å². The lowest BCUT2D eigenvalue weighted by Crippen LogP contribution is -2.49. The summed E-state index contributed by atoms with van der Waals surface area (Å²) in [5.74, 6) is -1.34. The molecule has 0 aromatic heterocycles. The minimum atomic E-state index is -0.860. The molecular formula is C28H34N2O5. The molecule has 0 spiro atoms. The van der Waals surface area contributed by atoms with Crippen molar-refractivity contribution in [1.29, 1.82) is 0 Å². The van der Waals surface area contributed by atoms with Gasteiger partial charge in [0.25, 0.3) is 0 Å². The highest BCUT2D eigenvalue weighted by Gasteiger charge is 2.44. The van der Waals surface area contributed by atoms with Crippen LogP contribution in [0.5, 0.6) is 0 Å². The van der Waals surface area contributed by atoms with E-state index in [1.54, 1.807) is 0 Å². The Morgan fingerprint density at radius 1 is 1.00 bits per heavy atom. The summed E-state index contributed by atoms with van der Waals surface area (Å²) in [5.41, 5.74) is 3.76. The molecule has 0 aliphatic heterocycles. The summed E-state index contributed by atoms with van der Waals surface area (Å²) in [4.78, 5) is 37.0. The Labute approximate surface area is 206 Å². The maximum Gasteiger partial charge on any atom is 0.407 e. The zero-order valence-corrected chi connectivity index (χ0v) is 20.4. The summed E-state index contributed by atoms with van der Waals surface area (Å²) < 4.78 is 5.59. The van der Waals surface area contributed by atoms with Crippen molar-refractivity contribution in [3.8, 4) is 11.1 Å². The van der Waals surface area contributed by atoms with Crippen LogP contribution >= 0.6 is 0 Å². The lowest BCUT2D eigenvalue weighted by Gasteiger charge is -2.38. The monoisotopic (exact) mass is 478 g/mol. The summed E-state index contributed by atoms with van der Waals surface area (Å²) >= 11 is 0. The standard InChI is InChI=1S/C28H34N2O5/c1-18(2)14-19(25(31)30-17-28(26(32)33)12-7-13-28)15-29-27(34)35-16-24-22-10-5-3-8-20(22)21-9-4-6-11-23(21)24/h3-6,8-11,18-19,24H,7,12-17H2,1-2H3,(H,29,34)(H,30,31)(H,32,33). The molecule has 2 aliphatic rings. The van der Waals surface area contributed by atoms with Crippen LogP contribution in [-0.2, 0) is 14.3 Å². The molecule has 0 heterocycles. The van der Waals surface area contributed by atoms with Gasteiger partial charge in [-0.2, -0.15) is 0 Å². The predicted molar refractivity (Wildman–Crippen MR) is 133 cm³/mol. The molecule has 0 bridgehead atoms. The van der Waals surface area contributed by atoms with E-state index in [0.29, 0.717) is 19.3 Å². The molecule has 1 saturated carbocycles. The van der Waals surface area contributed by atoms with E-state index in [4.69, 9.17) is 4.74 Å². The molecule has 3 N–H and O–H groups in total. The number of hydrogen-bond donors (Lipinski definition) is 3. The zero-order valence-electron chi connectivity index (χ0n) is 20.4. The zero-order chi connectivity index (χ0) is 25.0. The summed E-state index contributed by atoms with van der Waals surface area (Å²) in [6.45, 7) is 4.50. The van der Waals surface area contributed by atoms with Gasteiger partial charge in [0, 0.05) is 19.0 Å². The van der Waals surface area contributed by atoms with Gasteiger partial charge < -0.3 is 20.5 Å². The number of aliphatic carboxylic acids is 1. The van der Waals surface area contributed by atoms with Gasteiger partial charge >= 0.3 is 12.1 Å². The van der Waals surface area contributed by atoms with Crippen molar-refractivity contribution >= 4 is 18.0 Å². The van der Waals surface area contributed by atoms with Gasteiger partial charge in [-0.1, -0.05) is 68.8 Å². The summed E-state index contributed by atoms with van der Waals surface area (Å²) in [7, 11) is 0. The number of fused-ring (bicyclic) bond motifs is 3. The smallest absolute Gasteiger partial charge is 0.407 e. The van der Waals surface area contributed by atoms with Crippen LogP contribution in [0.3, 0.4) is 0 Å². The molecule has 7 heteroatoms. The molecule has 2 aromatic carbocycles. The van der Waals surface area contributed by atoms with E-state index in [9.17, 15) is 19.5 Å². The molecule has 0 radical (unpaired) electrons. The van der Waals surface area contributed by atoms with Crippen molar-refractivity contribution in [1.82, 2.24) is 10.6 Å². The summed E-state index contributed by atoms with van der Waals surface area (Å²) in [6, 6.07) is 16.3. The first kappa shape index (κ1) is 24.8. The average Bonchev–Trinajstić information content (AvgIpc) is 3.13. The Balaban J connectivity index is 1.32. The van der Waals surface area contributed by atoms with E-state index in [0.717, 1.165) is 28.7 Å². The van der Waals surface area contributed by atoms with E-state index in [2.05, 4.69) is 34.9 Å². The molecule has 186 valence electrons. The minimum Gasteiger partial charge on any atom is -0.481 e. The Kier molecular flexibility index (Phi) is 7.43. The SMILES string of the molecule is CC(C)CC(CNC(=O)OCC1c2ccccc2-c2ccccc21)C(=O)NCC1(C(=O)O)CCC1. The van der Waals surface area contributed by atoms with Crippen LogP contribution in [0.25, 0.3) is 11.1 Å². The first-order valence-electron chi connectivity index (χ1n) is 12.4. The highest BCUT2D eigenvalue weighted by atomic mass is 16.5. The van der Waals surface area contributed by atoms with Crippen molar-refractivity contribution in [3.05, 3.63) is 59.7 Å². The van der Waals surface area contributed by atoms with Crippen LogP contribution in [0.1, 0.15) is 56.6 Å². The molecule has 2 aliphatic carbocycles. The maximum absolute atomic E-state index is 12.8. The maximum atomic E-state index is 12.8. The molecule has 2 aromatic rings. The predicted octanol–water partition coefficient (Wildman–Crippen LogP) is 4.56. The number of carboxylic acid groups (broad SMARTS) is 1. The Morgan fingerprint density at radius 2 is 1.60 bits per heavy atom. The molecule has 4 rings (SSSR count). The number of ether oxygens (including phenoxy) is 1. The van der Waals surface area contributed by atoms with Crippen LogP contribution < -0.4 is 10.6 Å². The van der Waals surface area contributed by atoms with E-state index in [1.807, 2.05) is 38.1 Å². The number of alkyl carbamates (subject to hydrolysis) is 1. The van der Waals surface area contributed by atoms with Crippen LogP contribution in [0, 0.1) is 17.3 Å². The van der Waals surface area contributed by atoms with Crippen molar-refractivity contribution in [2.45, 2.75) is 45.4 Å². The first-order valence-corrected chi connectivity index (χ1v) is 12.4. The normalized spacial score (nSPS) is 16.5. The van der Waals surface area contributed by atoms with E-state index >= 15 is 0 Å². The number of carbonyl (C=O) groups excluding carboxylic acids is 2. The number of carboxylic acids is 1. The third-order valence-electron chi connectivity index (χ3n) is 7.33. The number of amides is 2. The highest BCUT2D eigenvalue weighted by Crippen LogP contribution is 2.44. The molecular weight excluding hydrogens is 444 g/mol. The minimum absolute atomic E-state index is 0.0300. The van der Waals surface area contributed by atoms with Crippen molar-refractivity contribution in [2.75, 3.05) is 19.7 Å². The Morgan fingerprint density at radius 3 is 2.11 bits per heavy atom. The summed E-state index contributed by atoms with van der Waals surface area (Å²) in [5, 5.41) is 15.1. The van der Waals surface area contributed by atoms with Gasteiger partial charge in [-0.15, -0.1) is 0 Å². The van der Waals surface area contributed by atoms with Gasteiger partial charge in [-0.05, 0) is 47.4 Å². The quantitative estimate of drug-likeness (QED) is 0.464. The Hall–Kier alpha value is -3.35. The van der Waals surface area contributed by atoms with Gasteiger partial charge in [-0.25, -0.2) is 4.79 Å². The fraction of sp³-hybridized carbons (Fsp3) is 0.464. The lowest BCUT2D eigenvalue weighted by atomic mass is 9.68. The van der Waals surface area contributed by atoms with Crippen LogP contribution in [0.4, 0.5) is 4.79 Å². The fourth-order valence-corrected chi connectivity index (χ4v) is 5.18. The van der Waals surface area contributed by atoms with Crippen molar-refractivity contribution in [3.63, 3.8) is 0 Å². The number of benzene rings is 2. The Bertz CT molecular complexity index is 1050. The molecule has 0 saturated heterocycles. The topological polar surface area (TPSA) is 105 Å². The number of carbonyl (C=O) groups is 3. The second kappa shape index (κ2) is 10.5. The first-order chi connectivity index (χ1) is 16.8. The van der Waals surface area contributed by atoms with Crippen LogP contribution in [0.2, 0.25) is 0 Å². The molecule has 1 fully saturated rings. The van der Waals surface area contributed by atoms with Gasteiger partial charge in [0.2, 0.25) is 5.91 Å². The van der Waals surface area contributed by atoms with E-state index in [1.165, 1.54) is 0 Å². The largest absolute Gasteiger partial charge is 0.481 e. The van der Waals surface area contributed by atoms with Crippen LogP contribution in [0.15, 0.2) is 48.5 Å². The molecule has 7 nitrogen and oxygen atoms in total. The number of nitrogens with one attached hydrogen (secondary N) is 2. The fourth-order valence-electron chi connectivity index (χ4n) is 5.18. The van der Waals surface area contributed by atoms with Crippen molar-refractivity contribution < 1.29 is 24.2 Å². The summed E-state index contributed by atoms with van der Waals surface area (Å²) in [6.07, 6.45) is 2.04. The third-order valence-corrected chi connectivity index (χ3v) is 7.33. The van der Waals surface area contributed by atoms with E-state index < -0.39 is 23.4 Å². The average molecular weight is 479 g/mol. The van der Waals surface area contributed by atoms with Gasteiger partial charge in [0.1, 0.15) is 6.61 Å².